The highest BCUT2D eigenvalue weighted by molar-refractivity contribution is 7.71. The first kappa shape index (κ1) is 12.4. The van der Waals surface area contributed by atoms with E-state index in [4.69, 9.17) is 17.0 Å². The van der Waals surface area contributed by atoms with E-state index in [1.165, 1.54) is 6.92 Å². The molecule has 92 valence electrons. The van der Waals surface area contributed by atoms with Crippen LogP contribution in [0.4, 0.5) is 0 Å². The number of hydrogen-bond donors (Lipinski definition) is 1. The second kappa shape index (κ2) is 5.10. The van der Waals surface area contributed by atoms with Gasteiger partial charge in [-0.1, -0.05) is 30.4 Å². The van der Waals surface area contributed by atoms with Crippen molar-refractivity contribution >= 4 is 18.0 Å². The summed E-state index contributed by atoms with van der Waals surface area (Å²) in [4.78, 5) is 18.4. The van der Waals surface area contributed by atoms with Crippen molar-refractivity contribution in [3.05, 3.63) is 46.2 Å². The summed E-state index contributed by atoms with van der Waals surface area (Å²) in [6.07, 6.45) is 0. The van der Waals surface area contributed by atoms with Gasteiger partial charge in [0.05, 0.1) is 5.56 Å². The Labute approximate surface area is 110 Å². The summed E-state index contributed by atoms with van der Waals surface area (Å²) in [6, 6.07) is 9.53. The van der Waals surface area contributed by atoms with Gasteiger partial charge >= 0.3 is 6.01 Å². The normalized spacial score (nSPS) is 10.1. The fourth-order valence-electron chi connectivity index (χ4n) is 1.62. The van der Waals surface area contributed by atoms with E-state index in [0.29, 0.717) is 17.0 Å². The quantitative estimate of drug-likeness (QED) is 0.678. The summed E-state index contributed by atoms with van der Waals surface area (Å²) >= 11 is 5.09. The number of hydrogen-bond acceptors (Lipinski definition) is 4. The number of Topliss-reactive ketones (excluding diaryl/α,β-unsaturated/α-hetero) is 1. The van der Waals surface area contributed by atoms with Crippen LogP contribution in [0.25, 0.3) is 0 Å². The molecule has 0 bridgehead atoms. The highest BCUT2D eigenvalue weighted by Crippen LogP contribution is 2.18. The third-order valence-corrected chi connectivity index (χ3v) is 2.69. The largest absolute Gasteiger partial charge is 0.426 e. The number of nitrogens with one attached hydrogen (secondary N) is 1. The topological polar surface area (TPSA) is 55.0 Å². The molecule has 0 fully saturated rings. The molecule has 2 rings (SSSR count). The molecule has 18 heavy (non-hydrogen) atoms. The van der Waals surface area contributed by atoms with E-state index in [2.05, 4.69) is 9.97 Å². The van der Waals surface area contributed by atoms with Crippen molar-refractivity contribution in [2.75, 3.05) is 0 Å². The maximum Gasteiger partial charge on any atom is 0.300 e. The van der Waals surface area contributed by atoms with Crippen molar-refractivity contribution in [3.8, 4) is 11.8 Å². The average molecular weight is 260 g/mol. The Hall–Kier alpha value is -2.01. The summed E-state index contributed by atoms with van der Waals surface area (Å²) in [5.41, 5.74) is 1.10. The molecular weight excluding hydrogens is 248 g/mol. The van der Waals surface area contributed by atoms with Gasteiger partial charge < -0.3 is 9.72 Å². The van der Waals surface area contributed by atoms with Crippen molar-refractivity contribution in [1.82, 2.24) is 9.97 Å². The lowest BCUT2D eigenvalue weighted by Crippen LogP contribution is -2.04. The first-order valence-corrected chi connectivity index (χ1v) is 5.83. The number of benzene rings is 1. The van der Waals surface area contributed by atoms with Gasteiger partial charge in [-0.05, 0) is 26.0 Å². The monoisotopic (exact) mass is 260 g/mol. The minimum atomic E-state index is -0.104. The molecule has 0 aliphatic carbocycles. The Balaban J connectivity index is 2.38. The lowest BCUT2D eigenvalue weighted by atomic mass is 10.2. The molecule has 0 saturated heterocycles. The molecule has 1 aromatic carbocycles. The summed E-state index contributed by atoms with van der Waals surface area (Å²) in [5.74, 6) is 0.554. The SMILES string of the molecule is CC(=O)c1c(C)[nH]c(Oc2ccccc2)nc1=S. The van der Waals surface area contributed by atoms with Gasteiger partial charge in [0, 0.05) is 5.69 Å². The summed E-state index contributed by atoms with van der Waals surface area (Å²) < 4.78 is 5.78. The Bertz CT molecular complexity index is 635. The van der Waals surface area contributed by atoms with Crippen LogP contribution >= 0.6 is 12.2 Å². The van der Waals surface area contributed by atoms with Crippen LogP contribution in [-0.4, -0.2) is 15.8 Å². The van der Waals surface area contributed by atoms with Crippen LogP contribution in [0.3, 0.4) is 0 Å². The van der Waals surface area contributed by atoms with Crippen LogP contribution in [0.2, 0.25) is 0 Å². The fraction of sp³-hybridized carbons (Fsp3) is 0.154. The molecule has 0 aliphatic heterocycles. The lowest BCUT2D eigenvalue weighted by Gasteiger charge is -2.07. The van der Waals surface area contributed by atoms with Crippen molar-refractivity contribution in [2.24, 2.45) is 0 Å². The van der Waals surface area contributed by atoms with Crippen LogP contribution in [0.1, 0.15) is 23.0 Å². The maximum atomic E-state index is 11.4. The van der Waals surface area contributed by atoms with Crippen LogP contribution in [0.5, 0.6) is 11.8 Å². The number of carbonyl (C=O) groups excluding carboxylic acids is 1. The van der Waals surface area contributed by atoms with Gasteiger partial charge in [-0.3, -0.25) is 4.79 Å². The Kier molecular flexibility index (Phi) is 3.53. The second-order valence-electron chi connectivity index (χ2n) is 3.82. The zero-order valence-corrected chi connectivity index (χ0v) is 10.9. The predicted molar refractivity (Wildman–Crippen MR) is 70.7 cm³/mol. The molecule has 0 atom stereocenters. The first-order chi connectivity index (χ1) is 8.58. The summed E-state index contributed by atoms with van der Waals surface area (Å²) in [6.45, 7) is 3.23. The number of rotatable bonds is 3. The number of aromatic nitrogens is 2. The Morgan fingerprint density at radius 3 is 2.56 bits per heavy atom. The number of para-hydroxylation sites is 1. The van der Waals surface area contributed by atoms with Crippen LogP contribution in [0.15, 0.2) is 30.3 Å². The number of aryl methyl sites for hydroxylation is 1. The zero-order chi connectivity index (χ0) is 13.1. The number of ketones is 1. The van der Waals surface area contributed by atoms with Gasteiger partial charge in [-0.15, -0.1) is 0 Å². The van der Waals surface area contributed by atoms with Crippen LogP contribution < -0.4 is 4.74 Å². The lowest BCUT2D eigenvalue weighted by molar-refractivity contribution is 0.101. The molecule has 0 amide bonds. The fourth-order valence-corrected chi connectivity index (χ4v) is 2.00. The van der Waals surface area contributed by atoms with E-state index in [9.17, 15) is 4.79 Å². The third-order valence-electron chi connectivity index (χ3n) is 2.40. The highest BCUT2D eigenvalue weighted by Gasteiger charge is 2.10. The van der Waals surface area contributed by atoms with E-state index < -0.39 is 0 Å². The molecule has 1 aromatic heterocycles. The minimum Gasteiger partial charge on any atom is -0.426 e. The van der Waals surface area contributed by atoms with Gasteiger partial charge in [0.25, 0.3) is 0 Å². The molecule has 1 heterocycles. The van der Waals surface area contributed by atoms with E-state index >= 15 is 0 Å². The minimum absolute atomic E-state index is 0.104. The maximum absolute atomic E-state index is 11.4. The standard InChI is InChI=1S/C13H12N2O2S/c1-8-11(9(2)16)12(18)15-13(14-8)17-10-6-4-3-5-7-10/h3-7H,1-2H3,(H,14,15,18). The van der Waals surface area contributed by atoms with Crippen molar-refractivity contribution < 1.29 is 9.53 Å². The molecule has 4 nitrogen and oxygen atoms in total. The van der Waals surface area contributed by atoms with Gasteiger partial charge in [0.15, 0.2) is 5.78 Å². The van der Waals surface area contributed by atoms with Crippen molar-refractivity contribution in [1.29, 1.82) is 0 Å². The smallest absolute Gasteiger partial charge is 0.300 e. The molecule has 0 unspecified atom stereocenters. The summed E-state index contributed by atoms with van der Waals surface area (Å²) in [7, 11) is 0. The van der Waals surface area contributed by atoms with Gasteiger partial charge in [0.2, 0.25) is 0 Å². The van der Waals surface area contributed by atoms with Gasteiger partial charge in [-0.25, -0.2) is 0 Å². The van der Waals surface area contributed by atoms with Gasteiger partial charge in [0.1, 0.15) is 10.4 Å². The van der Waals surface area contributed by atoms with E-state index in [0.717, 1.165) is 0 Å². The van der Waals surface area contributed by atoms with E-state index in [1.807, 2.05) is 30.3 Å². The highest BCUT2D eigenvalue weighted by atomic mass is 32.1. The third kappa shape index (κ3) is 2.62. The van der Waals surface area contributed by atoms with Crippen LogP contribution in [-0.2, 0) is 0 Å². The molecule has 2 aromatic rings. The first-order valence-electron chi connectivity index (χ1n) is 5.42. The molecule has 0 spiro atoms. The number of H-pyrrole nitrogens is 1. The van der Waals surface area contributed by atoms with E-state index in [1.54, 1.807) is 6.92 Å². The zero-order valence-electron chi connectivity index (χ0n) is 10.1. The number of aromatic amines is 1. The second-order valence-corrected chi connectivity index (χ2v) is 4.21. The predicted octanol–water partition coefficient (Wildman–Crippen LogP) is 3.44. The molecular formula is C13H12N2O2S. The molecule has 5 heteroatoms. The van der Waals surface area contributed by atoms with Crippen LogP contribution in [0, 0.1) is 11.6 Å². The molecule has 1 N–H and O–H groups in total. The van der Waals surface area contributed by atoms with Crippen molar-refractivity contribution in [2.45, 2.75) is 13.8 Å². The van der Waals surface area contributed by atoms with E-state index in [-0.39, 0.29) is 16.4 Å². The molecule has 0 aliphatic rings. The molecule has 0 saturated carbocycles. The number of carbonyl (C=O) groups is 1. The number of ether oxygens (including phenoxy) is 1. The number of nitrogens with zero attached hydrogens (tertiary/aromatic N) is 1. The van der Waals surface area contributed by atoms with Crippen molar-refractivity contribution in [3.63, 3.8) is 0 Å². The van der Waals surface area contributed by atoms with Gasteiger partial charge in [-0.2, -0.15) is 4.98 Å². The average Bonchev–Trinajstić information content (AvgIpc) is 2.28. The summed E-state index contributed by atoms with van der Waals surface area (Å²) in [5, 5.41) is 0. The molecule has 0 radical (unpaired) electrons. The Morgan fingerprint density at radius 1 is 1.33 bits per heavy atom. The Morgan fingerprint density at radius 2 is 2.00 bits per heavy atom.